The Labute approximate surface area is 115 Å². The third kappa shape index (κ3) is 2.91. The third-order valence-corrected chi connectivity index (χ3v) is 4.39. The van der Waals surface area contributed by atoms with Crippen LogP contribution in [0, 0.1) is 18.7 Å². The van der Waals surface area contributed by atoms with Crippen molar-refractivity contribution < 1.29 is 9.18 Å². The minimum Gasteiger partial charge on any atom is -0.339 e. The van der Waals surface area contributed by atoms with Gasteiger partial charge < -0.3 is 4.90 Å². The van der Waals surface area contributed by atoms with Gasteiger partial charge in [-0.25, -0.2) is 4.39 Å². The van der Waals surface area contributed by atoms with Crippen molar-refractivity contribution in [3.8, 4) is 0 Å². The molecule has 4 heteroatoms. The van der Waals surface area contributed by atoms with Crippen molar-refractivity contribution in [3.63, 3.8) is 0 Å². The predicted octanol–water partition coefficient (Wildman–Crippen LogP) is 3.38. The first-order chi connectivity index (χ1) is 8.61. The van der Waals surface area contributed by atoms with Crippen LogP contribution >= 0.6 is 15.9 Å². The highest BCUT2D eigenvalue weighted by molar-refractivity contribution is 9.09. The topological polar surface area (TPSA) is 20.3 Å². The molecule has 2 nitrogen and oxygen atoms in total. The summed E-state index contributed by atoms with van der Waals surface area (Å²) in [5.41, 5.74) is 1.11. The number of alkyl halides is 1. The summed E-state index contributed by atoms with van der Waals surface area (Å²) in [4.78, 5) is 14.0. The molecule has 1 fully saturated rings. The van der Waals surface area contributed by atoms with Crippen molar-refractivity contribution in [2.75, 3.05) is 18.4 Å². The summed E-state index contributed by atoms with van der Waals surface area (Å²) in [5.74, 6) is 0.0360. The first-order valence-corrected chi connectivity index (χ1v) is 7.35. The van der Waals surface area contributed by atoms with E-state index in [2.05, 4.69) is 15.9 Å². The van der Waals surface area contributed by atoms with E-state index in [0.717, 1.165) is 36.8 Å². The lowest BCUT2D eigenvalue weighted by atomic mass is 9.98. The summed E-state index contributed by atoms with van der Waals surface area (Å²) in [6.45, 7) is 3.32. The highest BCUT2D eigenvalue weighted by Gasteiger charge is 2.24. The Morgan fingerprint density at radius 2 is 2.11 bits per heavy atom. The molecule has 1 aromatic carbocycles. The second-order valence-electron chi connectivity index (χ2n) is 4.87. The highest BCUT2D eigenvalue weighted by atomic mass is 79.9. The lowest BCUT2D eigenvalue weighted by Gasteiger charge is -2.31. The molecule has 1 saturated heterocycles. The Kier molecular flexibility index (Phi) is 4.38. The largest absolute Gasteiger partial charge is 0.339 e. The van der Waals surface area contributed by atoms with Gasteiger partial charge in [0.2, 0.25) is 0 Å². The van der Waals surface area contributed by atoms with Crippen molar-refractivity contribution >= 4 is 21.8 Å². The van der Waals surface area contributed by atoms with Gasteiger partial charge in [0.15, 0.2) is 0 Å². The number of hydrogen-bond acceptors (Lipinski definition) is 1. The number of benzene rings is 1. The summed E-state index contributed by atoms with van der Waals surface area (Å²) < 4.78 is 13.7. The van der Waals surface area contributed by atoms with Gasteiger partial charge in [0.05, 0.1) is 5.56 Å². The zero-order chi connectivity index (χ0) is 13.1. The summed E-state index contributed by atoms with van der Waals surface area (Å²) in [7, 11) is 0. The molecule has 0 bridgehead atoms. The van der Waals surface area contributed by atoms with E-state index in [0.29, 0.717) is 5.92 Å². The van der Waals surface area contributed by atoms with Crippen molar-refractivity contribution in [1.29, 1.82) is 0 Å². The molecule has 1 amide bonds. The highest BCUT2D eigenvalue weighted by Crippen LogP contribution is 2.21. The van der Waals surface area contributed by atoms with Crippen molar-refractivity contribution in [3.05, 3.63) is 35.1 Å². The van der Waals surface area contributed by atoms with Gasteiger partial charge in [0.1, 0.15) is 5.82 Å². The Morgan fingerprint density at radius 1 is 1.44 bits per heavy atom. The number of likely N-dealkylation sites (tertiary alicyclic amines) is 1. The summed E-state index contributed by atoms with van der Waals surface area (Å²) in [6, 6.07) is 4.69. The summed E-state index contributed by atoms with van der Waals surface area (Å²) >= 11 is 3.47. The van der Waals surface area contributed by atoms with Crippen LogP contribution in [0.1, 0.15) is 28.8 Å². The van der Waals surface area contributed by atoms with Crippen LogP contribution in [0.4, 0.5) is 4.39 Å². The van der Waals surface area contributed by atoms with Crippen LogP contribution in [-0.2, 0) is 0 Å². The molecule has 0 unspecified atom stereocenters. The first kappa shape index (κ1) is 13.5. The number of nitrogens with zero attached hydrogens (tertiary/aromatic N) is 1. The lowest BCUT2D eigenvalue weighted by Crippen LogP contribution is -2.39. The molecule has 0 radical (unpaired) electrons. The van der Waals surface area contributed by atoms with Gasteiger partial charge in [-0.3, -0.25) is 4.79 Å². The average molecular weight is 314 g/mol. The molecule has 1 aromatic rings. The molecule has 0 N–H and O–H groups in total. The quantitative estimate of drug-likeness (QED) is 0.766. The van der Waals surface area contributed by atoms with E-state index in [1.54, 1.807) is 17.0 Å². The van der Waals surface area contributed by atoms with Crippen LogP contribution in [0.25, 0.3) is 0 Å². The second kappa shape index (κ2) is 5.83. The van der Waals surface area contributed by atoms with E-state index in [4.69, 9.17) is 0 Å². The molecule has 0 saturated carbocycles. The maximum Gasteiger partial charge on any atom is 0.256 e. The molecule has 1 heterocycles. The van der Waals surface area contributed by atoms with E-state index in [1.807, 2.05) is 6.92 Å². The smallest absolute Gasteiger partial charge is 0.256 e. The molecule has 98 valence electrons. The number of amides is 1. The molecule has 0 atom stereocenters. The molecule has 1 aliphatic rings. The normalized spacial score (nSPS) is 16.9. The summed E-state index contributed by atoms with van der Waals surface area (Å²) in [5, 5.41) is 0.980. The molecule has 1 aliphatic heterocycles. The molecule has 18 heavy (non-hydrogen) atoms. The van der Waals surface area contributed by atoms with Crippen LogP contribution in [0.5, 0.6) is 0 Å². The van der Waals surface area contributed by atoms with Gasteiger partial charge in [-0.1, -0.05) is 27.6 Å². The van der Waals surface area contributed by atoms with Crippen molar-refractivity contribution in [1.82, 2.24) is 4.90 Å². The van der Waals surface area contributed by atoms with Crippen LogP contribution in [0.2, 0.25) is 0 Å². The number of hydrogen-bond donors (Lipinski definition) is 0. The molecule has 0 spiro atoms. The van der Waals surface area contributed by atoms with E-state index < -0.39 is 5.82 Å². The van der Waals surface area contributed by atoms with Gasteiger partial charge in [-0.15, -0.1) is 0 Å². The number of halogens is 2. The molecular formula is C14H17BrFNO. The number of rotatable bonds is 2. The van der Waals surface area contributed by atoms with E-state index in [9.17, 15) is 9.18 Å². The van der Waals surface area contributed by atoms with Gasteiger partial charge in [-0.2, -0.15) is 0 Å². The van der Waals surface area contributed by atoms with Crippen LogP contribution in [-0.4, -0.2) is 29.2 Å². The number of carbonyl (C=O) groups excluding carboxylic acids is 1. The average Bonchev–Trinajstić information content (AvgIpc) is 2.41. The molecule has 2 rings (SSSR count). The Morgan fingerprint density at radius 3 is 2.72 bits per heavy atom. The van der Waals surface area contributed by atoms with E-state index in [-0.39, 0.29) is 11.5 Å². The zero-order valence-electron chi connectivity index (χ0n) is 10.5. The zero-order valence-corrected chi connectivity index (χ0v) is 12.0. The summed E-state index contributed by atoms with van der Waals surface area (Å²) in [6.07, 6.45) is 1.98. The second-order valence-corrected chi connectivity index (χ2v) is 5.52. The van der Waals surface area contributed by atoms with Crippen LogP contribution < -0.4 is 0 Å². The third-order valence-electron chi connectivity index (χ3n) is 3.47. The molecular weight excluding hydrogens is 297 g/mol. The maximum absolute atomic E-state index is 13.7. The Balaban J connectivity index is 2.10. The number of carbonyl (C=O) groups is 1. The first-order valence-electron chi connectivity index (χ1n) is 6.23. The van der Waals surface area contributed by atoms with Crippen molar-refractivity contribution in [2.24, 2.45) is 5.92 Å². The van der Waals surface area contributed by atoms with Gasteiger partial charge >= 0.3 is 0 Å². The minimum absolute atomic E-state index is 0.177. The van der Waals surface area contributed by atoms with Gasteiger partial charge in [0, 0.05) is 18.4 Å². The fourth-order valence-corrected chi connectivity index (χ4v) is 2.91. The number of aryl methyl sites for hydroxylation is 1. The van der Waals surface area contributed by atoms with Gasteiger partial charge in [0.25, 0.3) is 5.91 Å². The van der Waals surface area contributed by atoms with Crippen molar-refractivity contribution in [2.45, 2.75) is 19.8 Å². The van der Waals surface area contributed by atoms with E-state index in [1.165, 1.54) is 6.07 Å². The Hall–Kier alpha value is -0.900. The predicted molar refractivity (Wildman–Crippen MR) is 73.6 cm³/mol. The minimum atomic E-state index is -0.423. The monoisotopic (exact) mass is 313 g/mol. The fourth-order valence-electron chi connectivity index (χ4n) is 2.26. The Bertz CT molecular complexity index is 441. The number of piperidine rings is 1. The molecule has 0 aliphatic carbocycles. The van der Waals surface area contributed by atoms with E-state index >= 15 is 0 Å². The lowest BCUT2D eigenvalue weighted by molar-refractivity contribution is 0.0694. The van der Waals surface area contributed by atoms with Gasteiger partial charge in [-0.05, 0) is 37.8 Å². The van der Waals surface area contributed by atoms with Crippen LogP contribution in [0.3, 0.4) is 0 Å². The SMILES string of the molecule is Cc1ccc(F)c(C(=O)N2CCC(CBr)CC2)c1. The maximum atomic E-state index is 13.7. The fraction of sp³-hybridized carbons (Fsp3) is 0.500. The van der Waals surface area contributed by atoms with Crippen LogP contribution in [0.15, 0.2) is 18.2 Å². The standard InChI is InChI=1S/C14H17BrFNO/c1-10-2-3-13(16)12(8-10)14(18)17-6-4-11(9-15)5-7-17/h2-3,8,11H,4-7,9H2,1H3. The molecule has 0 aromatic heterocycles.